The number of aliphatic hydroxyl groups excluding tert-OH is 3. The third-order valence-electron chi connectivity index (χ3n) is 9.80. The van der Waals surface area contributed by atoms with Gasteiger partial charge in [0, 0.05) is 12.8 Å². The van der Waals surface area contributed by atoms with E-state index in [9.17, 15) is 34.8 Å². The maximum atomic E-state index is 12.7. The third-order valence-corrected chi connectivity index (χ3v) is 9.80. The van der Waals surface area contributed by atoms with Crippen LogP contribution in [0, 0.1) is 0 Å². The van der Waals surface area contributed by atoms with Gasteiger partial charge in [-0.1, -0.05) is 147 Å². The summed E-state index contributed by atoms with van der Waals surface area (Å²) in [5, 5.41) is 39.7. The van der Waals surface area contributed by atoms with E-state index in [2.05, 4.69) is 38.2 Å². The van der Waals surface area contributed by atoms with E-state index in [4.69, 9.17) is 18.9 Å². The van der Waals surface area contributed by atoms with E-state index in [1.54, 1.807) is 0 Å². The molecule has 314 valence electrons. The minimum Gasteiger partial charge on any atom is -0.479 e. The van der Waals surface area contributed by atoms with Crippen LogP contribution in [0.25, 0.3) is 0 Å². The minimum atomic E-state index is -1.86. The SMILES string of the molecule is CCCCC/C=C\C/C=C\CCCCCCCCCCCC(=O)OCC(COC1OC(C(=O)O)C(O)C(O)C1O)OC(=O)CCCCCCCCCCC. The summed E-state index contributed by atoms with van der Waals surface area (Å²) >= 11 is 0. The zero-order valence-corrected chi connectivity index (χ0v) is 33.7. The maximum Gasteiger partial charge on any atom is 0.335 e. The number of carboxylic acids is 1. The van der Waals surface area contributed by atoms with Gasteiger partial charge in [0.2, 0.25) is 0 Å². The summed E-state index contributed by atoms with van der Waals surface area (Å²) in [5.41, 5.74) is 0. The van der Waals surface area contributed by atoms with Crippen LogP contribution in [0.15, 0.2) is 24.3 Å². The van der Waals surface area contributed by atoms with Gasteiger partial charge in [0.25, 0.3) is 0 Å². The topological polar surface area (TPSA) is 169 Å². The number of aliphatic carboxylic acids is 1. The van der Waals surface area contributed by atoms with Crippen LogP contribution in [0.3, 0.4) is 0 Å². The summed E-state index contributed by atoms with van der Waals surface area (Å²) in [6.45, 7) is 3.75. The van der Waals surface area contributed by atoms with Crippen LogP contribution < -0.4 is 0 Å². The van der Waals surface area contributed by atoms with Gasteiger partial charge in [-0.25, -0.2) is 4.79 Å². The minimum absolute atomic E-state index is 0.184. The Morgan fingerprint density at radius 1 is 0.574 bits per heavy atom. The molecule has 1 aliphatic rings. The van der Waals surface area contributed by atoms with E-state index in [1.807, 2.05) is 0 Å². The normalized spacial score (nSPS) is 20.8. The fourth-order valence-electron chi connectivity index (χ4n) is 6.38. The van der Waals surface area contributed by atoms with E-state index in [1.165, 1.54) is 89.9 Å². The highest BCUT2D eigenvalue weighted by Crippen LogP contribution is 2.23. The number of hydrogen-bond donors (Lipinski definition) is 4. The molecule has 0 aliphatic carbocycles. The monoisotopic (exact) mass is 769 g/mol. The number of rotatable bonds is 35. The number of esters is 2. The Bertz CT molecular complexity index is 1000. The van der Waals surface area contributed by atoms with Gasteiger partial charge in [-0.05, 0) is 44.9 Å². The average Bonchev–Trinajstić information content (AvgIpc) is 3.15. The number of carboxylic acid groups (broad SMARTS) is 1. The molecule has 0 radical (unpaired) electrons. The second kappa shape index (κ2) is 34.0. The van der Waals surface area contributed by atoms with Crippen molar-refractivity contribution in [1.82, 2.24) is 0 Å². The number of ether oxygens (including phenoxy) is 4. The number of hydrogen-bond acceptors (Lipinski definition) is 10. The molecule has 0 aromatic rings. The van der Waals surface area contributed by atoms with Crippen LogP contribution in [0.1, 0.15) is 181 Å². The molecule has 6 unspecified atom stereocenters. The molecule has 11 nitrogen and oxygen atoms in total. The zero-order chi connectivity index (χ0) is 39.7. The molecule has 0 aromatic heterocycles. The Hall–Kier alpha value is -2.31. The first-order valence-corrected chi connectivity index (χ1v) is 21.4. The van der Waals surface area contributed by atoms with Crippen molar-refractivity contribution in [1.29, 1.82) is 0 Å². The summed E-state index contributed by atoms with van der Waals surface area (Å²) in [7, 11) is 0. The predicted molar refractivity (Wildman–Crippen MR) is 211 cm³/mol. The van der Waals surface area contributed by atoms with Crippen molar-refractivity contribution in [2.45, 2.75) is 218 Å². The van der Waals surface area contributed by atoms with Crippen molar-refractivity contribution in [3.05, 3.63) is 24.3 Å². The lowest BCUT2D eigenvalue weighted by Crippen LogP contribution is -2.60. The van der Waals surface area contributed by atoms with E-state index in [0.717, 1.165) is 51.4 Å². The summed E-state index contributed by atoms with van der Waals surface area (Å²) in [6, 6.07) is 0. The van der Waals surface area contributed by atoms with Crippen molar-refractivity contribution in [3.63, 3.8) is 0 Å². The lowest BCUT2D eigenvalue weighted by molar-refractivity contribution is -0.298. The quantitative estimate of drug-likeness (QED) is 0.0277. The van der Waals surface area contributed by atoms with Gasteiger partial charge in [0.1, 0.15) is 24.9 Å². The highest BCUT2D eigenvalue weighted by atomic mass is 16.7. The zero-order valence-electron chi connectivity index (χ0n) is 33.7. The number of carbonyl (C=O) groups is 3. The summed E-state index contributed by atoms with van der Waals surface area (Å²) < 4.78 is 21.6. The van der Waals surface area contributed by atoms with Crippen molar-refractivity contribution >= 4 is 17.9 Å². The van der Waals surface area contributed by atoms with Crippen molar-refractivity contribution in [2.24, 2.45) is 0 Å². The van der Waals surface area contributed by atoms with Gasteiger partial charge < -0.3 is 39.4 Å². The lowest BCUT2D eigenvalue weighted by atomic mass is 9.99. The summed E-state index contributed by atoms with van der Waals surface area (Å²) in [6.07, 6.45) is 26.7. The third kappa shape index (κ3) is 25.7. The molecule has 4 N–H and O–H groups in total. The van der Waals surface area contributed by atoms with Crippen LogP contribution in [-0.2, 0) is 33.3 Å². The molecule has 1 heterocycles. The van der Waals surface area contributed by atoms with E-state index < -0.39 is 54.7 Å². The van der Waals surface area contributed by atoms with Gasteiger partial charge in [-0.2, -0.15) is 0 Å². The van der Waals surface area contributed by atoms with Crippen LogP contribution in [0.5, 0.6) is 0 Å². The Kier molecular flexibility index (Phi) is 31.3. The molecular weight excluding hydrogens is 692 g/mol. The average molecular weight is 769 g/mol. The smallest absolute Gasteiger partial charge is 0.335 e. The fourth-order valence-corrected chi connectivity index (χ4v) is 6.38. The van der Waals surface area contributed by atoms with Gasteiger partial charge in [0.05, 0.1) is 6.61 Å². The Morgan fingerprint density at radius 3 is 1.57 bits per heavy atom. The standard InChI is InChI=1S/C43H76O11/c1-3-5-7-9-11-13-14-15-16-17-18-19-20-21-22-24-25-27-29-31-36(44)51-33-35(53-37(45)32-30-28-26-23-12-10-8-6-4-2)34-52-43-40(48)38(46)39(47)41(54-43)42(49)50/h11,13,15-16,35,38-41,43,46-48H,3-10,12,14,17-34H2,1-2H3,(H,49,50)/b13-11-,16-15-. The summed E-state index contributed by atoms with van der Waals surface area (Å²) in [5.74, 6) is -2.45. The largest absolute Gasteiger partial charge is 0.479 e. The molecule has 54 heavy (non-hydrogen) atoms. The van der Waals surface area contributed by atoms with Crippen molar-refractivity contribution in [3.8, 4) is 0 Å². The number of carbonyl (C=O) groups excluding carboxylic acids is 2. The van der Waals surface area contributed by atoms with Gasteiger partial charge in [0.15, 0.2) is 18.5 Å². The molecule has 11 heteroatoms. The molecular formula is C43H76O11. The Morgan fingerprint density at radius 2 is 1.04 bits per heavy atom. The summed E-state index contributed by atoms with van der Waals surface area (Å²) in [4.78, 5) is 36.6. The molecule has 1 fully saturated rings. The molecule has 0 saturated carbocycles. The molecule has 1 rings (SSSR count). The highest BCUT2D eigenvalue weighted by molar-refractivity contribution is 5.73. The lowest BCUT2D eigenvalue weighted by Gasteiger charge is -2.38. The van der Waals surface area contributed by atoms with Crippen LogP contribution in [0.4, 0.5) is 0 Å². The maximum absolute atomic E-state index is 12.7. The molecule has 0 spiro atoms. The Labute approximate surface area is 326 Å². The molecule has 6 atom stereocenters. The Balaban J connectivity index is 2.33. The number of aliphatic hydroxyl groups is 3. The van der Waals surface area contributed by atoms with Crippen LogP contribution in [0.2, 0.25) is 0 Å². The molecule has 0 bridgehead atoms. The predicted octanol–water partition coefficient (Wildman–Crippen LogP) is 8.65. The molecule has 0 aromatic carbocycles. The van der Waals surface area contributed by atoms with Gasteiger partial charge in [-0.3, -0.25) is 9.59 Å². The van der Waals surface area contributed by atoms with E-state index >= 15 is 0 Å². The van der Waals surface area contributed by atoms with Crippen molar-refractivity contribution < 1.29 is 53.8 Å². The van der Waals surface area contributed by atoms with Gasteiger partial charge in [-0.15, -0.1) is 0 Å². The highest BCUT2D eigenvalue weighted by Gasteiger charge is 2.47. The molecule has 1 saturated heterocycles. The van der Waals surface area contributed by atoms with E-state index in [0.29, 0.717) is 12.8 Å². The number of unbranched alkanes of at least 4 members (excludes halogenated alkanes) is 20. The first-order valence-electron chi connectivity index (χ1n) is 21.4. The first-order chi connectivity index (χ1) is 26.2. The number of allylic oxidation sites excluding steroid dienone is 4. The molecule has 0 amide bonds. The second-order valence-corrected chi connectivity index (χ2v) is 14.8. The van der Waals surface area contributed by atoms with Gasteiger partial charge >= 0.3 is 17.9 Å². The van der Waals surface area contributed by atoms with Crippen molar-refractivity contribution in [2.75, 3.05) is 13.2 Å². The molecule has 1 aliphatic heterocycles. The second-order valence-electron chi connectivity index (χ2n) is 14.8. The first kappa shape index (κ1) is 49.7. The van der Waals surface area contributed by atoms with E-state index in [-0.39, 0.29) is 26.1 Å². The fraction of sp³-hybridized carbons (Fsp3) is 0.837. The van der Waals surface area contributed by atoms with Crippen LogP contribution in [-0.4, -0.2) is 88.4 Å². The van der Waals surface area contributed by atoms with Crippen LogP contribution >= 0.6 is 0 Å².